The van der Waals surface area contributed by atoms with Gasteiger partial charge >= 0.3 is 0 Å². The molecule has 1 aromatic rings. The van der Waals surface area contributed by atoms with Crippen molar-refractivity contribution in [3.05, 3.63) is 35.6 Å². The van der Waals surface area contributed by atoms with Gasteiger partial charge in [-0.3, -0.25) is 14.6 Å². The van der Waals surface area contributed by atoms with E-state index < -0.39 is 0 Å². The molecule has 0 bridgehead atoms. The van der Waals surface area contributed by atoms with Gasteiger partial charge in [-0.2, -0.15) is 0 Å². The molecule has 0 N–H and O–H groups in total. The first-order chi connectivity index (χ1) is 9.36. The zero-order valence-corrected chi connectivity index (χ0v) is 12.5. The summed E-state index contributed by atoms with van der Waals surface area (Å²) in [5.74, 6) is -0.359. The average molecular weight is 278 g/mol. The number of hydrogen-bond acceptors (Lipinski definition) is 3. The van der Waals surface area contributed by atoms with E-state index in [0.29, 0.717) is 12.1 Å². The minimum atomic E-state index is -0.353. The van der Waals surface area contributed by atoms with Gasteiger partial charge in [-0.1, -0.05) is 12.1 Å². The second-order valence-corrected chi connectivity index (χ2v) is 6.37. The fourth-order valence-corrected chi connectivity index (χ4v) is 2.53. The predicted octanol–water partition coefficient (Wildman–Crippen LogP) is 2.42. The van der Waals surface area contributed by atoms with Gasteiger partial charge < -0.3 is 0 Å². The van der Waals surface area contributed by atoms with Gasteiger partial charge in [-0.15, -0.1) is 0 Å². The van der Waals surface area contributed by atoms with E-state index in [9.17, 15) is 9.18 Å². The number of ketones is 1. The van der Waals surface area contributed by atoms with Crippen molar-refractivity contribution in [2.75, 3.05) is 32.7 Å². The second kappa shape index (κ2) is 6.02. The summed E-state index contributed by atoms with van der Waals surface area (Å²) in [5, 5.41) is 0. The summed E-state index contributed by atoms with van der Waals surface area (Å²) in [6.45, 7) is 10.7. The lowest BCUT2D eigenvalue weighted by Crippen LogP contribution is -2.54. The van der Waals surface area contributed by atoms with Crippen LogP contribution in [0.25, 0.3) is 0 Å². The van der Waals surface area contributed by atoms with Crippen LogP contribution in [0.5, 0.6) is 0 Å². The number of rotatable bonds is 3. The van der Waals surface area contributed by atoms with E-state index in [2.05, 4.69) is 30.6 Å². The Balaban J connectivity index is 1.88. The molecular weight excluding hydrogens is 255 g/mol. The first-order valence-electron chi connectivity index (χ1n) is 7.12. The molecule has 1 fully saturated rings. The molecule has 0 radical (unpaired) electrons. The molecule has 4 heteroatoms. The van der Waals surface area contributed by atoms with Gasteiger partial charge in [0.15, 0.2) is 5.78 Å². The maximum absolute atomic E-state index is 13.1. The van der Waals surface area contributed by atoms with Gasteiger partial charge in [0.1, 0.15) is 5.82 Å². The zero-order chi connectivity index (χ0) is 14.8. The third-order valence-electron chi connectivity index (χ3n) is 3.83. The lowest BCUT2D eigenvalue weighted by molar-refractivity contribution is 0.0579. The fourth-order valence-electron chi connectivity index (χ4n) is 2.53. The average Bonchev–Trinajstić information content (AvgIpc) is 2.38. The molecule has 0 amide bonds. The molecule has 1 aliphatic heterocycles. The van der Waals surface area contributed by atoms with Crippen molar-refractivity contribution in [2.24, 2.45) is 0 Å². The normalized spacial score (nSPS) is 18.2. The van der Waals surface area contributed by atoms with E-state index in [1.807, 2.05) is 0 Å². The number of halogens is 1. The maximum atomic E-state index is 13.1. The van der Waals surface area contributed by atoms with Crippen molar-refractivity contribution in [2.45, 2.75) is 26.3 Å². The Bertz CT molecular complexity index is 474. The number of carbonyl (C=O) groups excluding carboxylic acids is 1. The van der Waals surface area contributed by atoms with E-state index in [4.69, 9.17) is 0 Å². The van der Waals surface area contributed by atoms with Gasteiger partial charge in [0, 0.05) is 37.3 Å². The highest BCUT2D eigenvalue weighted by Gasteiger charge is 2.26. The monoisotopic (exact) mass is 278 g/mol. The summed E-state index contributed by atoms with van der Waals surface area (Å²) < 4.78 is 13.1. The quantitative estimate of drug-likeness (QED) is 0.793. The highest BCUT2D eigenvalue weighted by Crippen LogP contribution is 2.16. The van der Waals surface area contributed by atoms with Crippen molar-refractivity contribution >= 4 is 5.78 Å². The highest BCUT2D eigenvalue weighted by molar-refractivity contribution is 5.97. The van der Waals surface area contributed by atoms with Gasteiger partial charge in [-0.25, -0.2) is 4.39 Å². The lowest BCUT2D eigenvalue weighted by atomic mass is 10.0. The van der Waals surface area contributed by atoms with E-state index in [1.165, 1.54) is 12.1 Å². The largest absolute Gasteiger partial charge is 0.296 e. The number of hydrogen-bond donors (Lipinski definition) is 0. The van der Waals surface area contributed by atoms with E-state index in [-0.39, 0.29) is 17.1 Å². The van der Waals surface area contributed by atoms with Crippen LogP contribution in [-0.2, 0) is 0 Å². The van der Waals surface area contributed by atoms with Crippen molar-refractivity contribution in [3.63, 3.8) is 0 Å². The molecule has 1 aliphatic rings. The third kappa shape index (κ3) is 3.87. The van der Waals surface area contributed by atoms with Crippen molar-refractivity contribution in [1.29, 1.82) is 0 Å². The number of benzene rings is 1. The molecule has 3 nitrogen and oxygen atoms in total. The molecule has 0 unspecified atom stereocenters. The number of carbonyl (C=O) groups is 1. The lowest BCUT2D eigenvalue weighted by Gasteiger charge is -2.42. The first-order valence-corrected chi connectivity index (χ1v) is 7.12. The minimum Gasteiger partial charge on any atom is -0.296 e. The topological polar surface area (TPSA) is 23.6 Å². The molecule has 0 atom stereocenters. The van der Waals surface area contributed by atoms with Crippen LogP contribution in [0, 0.1) is 5.82 Å². The molecule has 0 aliphatic carbocycles. The number of piperazine rings is 1. The molecule has 0 saturated carbocycles. The molecule has 1 heterocycles. The summed E-state index contributed by atoms with van der Waals surface area (Å²) in [6, 6.07) is 5.93. The number of Topliss-reactive ketones (excluding diaryl/α,β-unsaturated/α-hetero) is 1. The summed E-state index contributed by atoms with van der Waals surface area (Å²) >= 11 is 0. The van der Waals surface area contributed by atoms with Crippen LogP contribution in [-0.4, -0.2) is 53.8 Å². The van der Waals surface area contributed by atoms with E-state index >= 15 is 0 Å². The number of nitrogens with zero attached hydrogens (tertiary/aromatic N) is 2. The van der Waals surface area contributed by atoms with Crippen molar-refractivity contribution in [3.8, 4) is 0 Å². The molecular formula is C16H23FN2O. The third-order valence-corrected chi connectivity index (χ3v) is 3.83. The standard InChI is InChI=1S/C16H23FN2O/c1-16(2,3)19-9-7-18(8-10-19)12-15(20)13-5-4-6-14(17)11-13/h4-6,11H,7-10,12H2,1-3H3. The van der Waals surface area contributed by atoms with Gasteiger partial charge in [0.2, 0.25) is 0 Å². The SMILES string of the molecule is CC(C)(C)N1CCN(CC(=O)c2cccc(F)c2)CC1. The second-order valence-electron chi connectivity index (χ2n) is 6.37. The Morgan fingerprint density at radius 3 is 2.40 bits per heavy atom. The van der Waals surface area contributed by atoms with Crippen LogP contribution < -0.4 is 0 Å². The van der Waals surface area contributed by atoms with Crippen LogP contribution in [0.1, 0.15) is 31.1 Å². The molecule has 20 heavy (non-hydrogen) atoms. The molecule has 0 spiro atoms. The molecule has 1 aromatic carbocycles. The van der Waals surface area contributed by atoms with Crippen LogP contribution in [0.4, 0.5) is 4.39 Å². The van der Waals surface area contributed by atoms with E-state index in [0.717, 1.165) is 26.2 Å². The zero-order valence-electron chi connectivity index (χ0n) is 12.5. The Kier molecular flexibility index (Phi) is 4.55. The van der Waals surface area contributed by atoms with Gasteiger partial charge in [-0.05, 0) is 32.9 Å². The van der Waals surface area contributed by atoms with Crippen molar-refractivity contribution in [1.82, 2.24) is 9.80 Å². The van der Waals surface area contributed by atoms with Crippen molar-refractivity contribution < 1.29 is 9.18 Å². The summed E-state index contributed by atoms with van der Waals surface area (Å²) in [6.07, 6.45) is 0. The van der Waals surface area contributed by atoms with Crippen LogP contribution in [0.2, 0.25) is 0 Å². The highest BCUT2D eigenvalue weighted by atomic mass is 19.1. The minimum absolute atomic E-state index is 0.00583. The Morgan fingerprint density at radius 2 is 1.85 bits per heavy atom. The Hall–Kier alpha value is -1.26. The smallest absolute Gasteiger partial charge is 0.176 e. The fraction of sp³-hybridized carbons (Fsp3) is 0.562. The Morgan fingerprint density at radius 1 is 1.20 bits per heavy atom. The van der Waals surface area contributed by atoms with Gasteiger partial charge in [0.05, 0.1) is 6.54 Å². The molecule has 1 saturated heterocycles. The van der Waals surface area contributed by atoms with Gasteiger partial charge in [0.25, 0.3) is 0 Å². The molecule has 110 valence electrons. The summed E-state index contributed by atoms with van der Waals surface area (Å²) in [4.78, 5) is 16.7. The molecule has 2 rings (SSSR count). The summed E-state index contributed by atoms with van der Waals surface area (Å²) in [7, 11) is 0. The van der Waals surface area contributed by atoms with Crippen LogP contribution >= 0.6 is 0 Å². The van der Waals surface area contributed by atoms with Crippen LogP contribution in [0.3, 0.4) is 0 Å². The first kappa shape index (κ1) is 15.1. The maximum Gasteiger partial charge on any atom is 0.176 e. The summed E-state index contributed by atoms with van der Waals surface area (Å²) in [5.41, 5.74) is 0.641. The van der Waals surface area contributed by atoms with E-state index in [1.54, 1.807) is 12.1 Å². The molecule has 0 aromatic heterocycles. The predicted molar refractivity (Wildman–Crippen MR) is 78.5 cm³/mol. The Labute approximate surface area is 120 Å². The van der Waals surface area contributed by atoms with Crippen LogP contribution in [0.15, 0.2) is 24.3 Å².